The molecular formula is C25H21FN4O4. The summed E-state index contributed by atoms with van der Waals surface area (Å²) in [6.07, 6.45) is 2.44. The fraction of sp³-hybridized carbons (Fsp3) is 0.240. The molecule has 3 aromatic rings. The number of fused-ring (bicyclic) bond motifs is 4. The monoisotopic (exact) mass is 460 g/mol. The number of aromatic nitrogens is 1. The van der Waals surface area contributed by atoms with Crippen molar-refractivity contribution < 1.29 is 23.5 Å². The molecular weight excluding hydrogens is 439 g/mol. The Morgan fingerprint density at radius 1 is 1.21 bits per heavy atom. The normalized spacial score (nSPS) is 21.4. The van der Waals surface area contributed by atoms with E-state index >= 15 is 0 Å². The predicted molar refractivity (Wildman–Crippen MR) is 122 cm³/mol. The van der Waals surface area contributed by atoms with Crippen LogP contribution < -0.4 is 25.4 Å². The number of nitrogens with zero attached hydrogens (tertiary/aromatic N) is 1. The number of anilines is 2. The molecule has 1 fully saturated rings. The molecule has 0 bridgehead atoms. The van der Waals surface area contributed by atoms with Crippen molar-refractivity contribution in [2.75, 3.05) is 10.6 Å². The maximum Gasteiger partial charge on any atom is 0.319 e. The van der Waals surface area contributed by atoms with Gasteiger partial charge in [-0.05, 0) is 61.4 Å². The molecule has 172 valence electrons. The number of urea groups is 1. The number of nitrogens with one attached hydrogen (secondary N) is 3. The van der Waals surface area contributed by atoms with Crippen LogP contribution in [0.1, 0.15) is 29.0 Å². The molecule has 9 heteroatoms. The molecule has 3 amide bonds. The highest BCUT2D eigenvalue weighted by atomic mass is 19.1. The smallest absolute Gasteiger partial charge is 0.319 e. The molecule has 6 rings (SSSR count). The third-order valence-electron chi connectivity index (χ3n) is 6.37. The quantitative estimate of drug-likeness (QED) is 0.540. The van der Waals surface area contributed by atoms with Crippen molar-refractivity contribution >= 4 is 23.4 Å². The number of rotatable bonds is 4. The zero-order chi connectivity index (χ0) is 23.4. The summed E-state index contributed by atoms with van der Waals surface area (Å²) >= 11 is 0. The Morgan fingerprint density at radius 2 is 2.09 bits per heavy atom. The number of pyridine rings is 1. The van der Waals surface area contributed by atoms with Gasteiger partial charge in [-0.2, -0.15) is 0 Å². The summed E-state index contributed by atoms with van der Waals surface area (Å²) < 4.78 is 25.6. The lowest BCUT2D eigenvalue weighted by Crippen LogP contribution is -2.34. The van der Waals surface area contributed by atoms with Gasteiger partial charge in [0.2, 0.25) is 5.91 Å². The lowest BCUT2D eigenvalue weighted by atomic mass is 10.1. The molecule has 2 aliphatic heterocycles. The first-order valence-corrected chi connectivity index (χ1v) is 11.1. The van der Waals surface area contributed by atoms with Crippen LogP contribution in [0.25, 0.3) is 0 Å². The second-order valence-electron chi connectivity index (χ2n) is 8.68. The summed E-state index contributed by atoms with van der Waals surface area (Å²) in [5, 5.41) is 8.45. The van der Waals surface area contributed by atoms with Crippen LogP contribution in [0.3, 0.4) is 0 Å². The van der Waals surface area contributed by atoms with E-state index in [4.69, 9.17) is 9.47 Å². The first-order chi connectivity index (χ1) is 16.5. The zero-order valence-electron chi connectivity index (χ0n) is 18.2. The van der Waals surface area contributed by atoms with Crippen LogP contribution in [0.4, 0.5) is 20.7 Å². The minimum absolute atomic E-state index is 0.0323. The van der Waals surface area contributed by atoms with E-state index in [2.05, 4.69) is 20.9 Å². The largest absolute Gasteiger partial charge is 0.487 e. The summed E-state index contributed by atoms with van der Waals surface area (Å²) in [5.74, 6) is 2.27. The Bertz CT molecular complexity index is 1340. The first-order valence-electron chi connectivity index (χ1n) is 11.1. The Kier molecular flexibility index (Phi) is 4.65. The van der Waals surface area contributed by atoms with Crippen molar-refractivity contribution in [1.29, 1.82) is 0 Å². The first kappa shape index (κ1) is 20.5. The van der Waals surface area contributed by atoms with E-state index in [-0.39, 0.29) is 35.8 Å². The van der Waals surface area contributed by atoms with Gasteiger partial charge in [0.05, 0.1) is 12.0 Å². The molecule has 3 N–H and O–H groups in total. The fourth-order valence-corrected chi connectivity index (χ4v) is 4.60. The van der Waals surface area contributed by atoms with Crippen molar-refractivity contribution in [3.63, 3.8) is 0 Å². The molecule has 0 saturated heterocycles. The lowest BCUT2D eigenvalue weighted by Gasteiger charge is -2.19. The van der Waals surface area contributed by atoms with E-state index < -0.39 is 0 Å². The van der Waals surface area contributed by atoms with Gasteiger partial charge in [-0.3, -0.25) is 4.79 Å². The SMILES string of the molecule is Cc1cc(NC(=O)N[C@@H]2[C@H]3Oc4ccc(Oc5ccnc6c5CCC(=O)N6)cc4[C@@H]23)ccc1F. The van der Waals surface area contributed by atoms with Crippen molar-refractivity contribution in [1.82, 2.24) is 10.3 Å². The fourth-order valence-electron chi connectivity index (χ4n) is 4.60. The van der Waals surface area contributed by atoms with E-state index in [9.17, 15) is 14.0 Å². The summed E-state index contributed by atoms with van der Waals surface area (Å²) in [5.41, 5.74) is 2.83. The number of amides is 3. The highest BCUT2D eigenvalue weighted by molar-refractivity contribution is 5.93. The number of benzene rings is 2. The van der Waals surface area contributed by atoms with Gasteiger partial charge in [0.15, 0.2) is 0 Å². The number of carbonyl (C=O) groups is 2. The minimum atomic E-state index is -0.367. The number of aryl methyl sites for hydroxylation is 1. The van der Waals surface area contributed by atoms with Crippen molar-refractivity contribution in [2.24, 2.45) is 0 Å². The summed E-state index contributed by atoms with van der Waals surface area (Å²) in [6, 6.07) is 11.3. The Balaban J connectivity index is 1.14. The minimum Gasteiger partial charge on any atom is -0.487 e. The maximum absolute atomic E-state index is 13.4. The Hall–Kier alpha value is -4.14. The van der Waals surface area contributed by atoms with Gasteiger partial charge >= 0.3 is 6.03 Å². The molecule has 3 atom stereocenters. The highest BCUT2D eigenvalue weighted by Gasteiger charge is 2.59. The van der Waals surface area contributed by atoms with Gasteiger partial charge in [-0.25, -0.2) is 14.2 Å². The van der Waals surface area contributed by atoms with Crippen LogP contribution in [0.15, 0.2) is 48.7 Å². The van der Waals surface area contributed by atoms with Gasteiger partial charge in [0, 0.05) is 29.4 Å². The van der Waals surface area contributed by atoms with Gasteiger partial charge < -0.3 is 25.4 Å². The summed E-state index contributed by atoms with van der Waals surface area (Å²) in [4.78, 5) is 28.3. The number of hydrogen-bond donors (Lipinski definition) is 3. The van der Waals surface area contributed by atoms with Crippen molar-refractivity contribution in [2.45, 2.75) is 37.8 Å². The average molecular weight is 460 g/mol. The van der Waals surface area contributed by atoms with Gasteiger partial charge in [0.1, 0.15) is 35.0 Å². The third-order valence-corrected chi connectivity index (χ3v) is 6.37. The van der Waals surface area contributed by atoms with Gasteiger partial charge in [-0.1, -0.05) is 0 Å². The molecule has 0 radical (unpaired) electrons. The number of hydrogen-bond acceptors (Lipinski definition) is 5. The highest BCUT2D eigenvalue weighted by Crippen LogP contribution is 2.54. The number of carbonyl (C=O) groups excluding carboxylic acids is 2. The third kappa shape index (κ3) is 3.59. The van der Waals surface area contributed by atoms with E-state index in [0.29, 0.717) is 41.4 Å². The average Bonchev–Trinajstić information content (AvgIpc) is 3.32. The number of halogens is 1. The zero-order valence-corrected chi connectivity index (χ0v) is 18.2. The van der Waals surface area contributed by atoms with Crippen LogP contribution >= 0.6 is 0 Å². The molecule has 2 aromatic carbocycles. The van der Waals surface area contributed by atoms with Gasteiger partial charge in [-0.15, -0.1) is 0 Å². The standard InChI is InChI=1S/C25H21FN4O4/c1-12-10-13(2-5-17(12)26)28-25(32)30-22-21-16-11-14(3-6-18(16)34-23(21)22)33-19-8-9-27-24-15(19)4-7-20(31)29-24/h2-3,5-6,8-11,21-23H,4,7H2,1H3,(H,27,29,31)(H2,28,30,32)/t21-,22-,23-/m0/s1. The second-order valence-corrected chi connectivity index (χ2v) is 8.68. The molecule has 0 unspecified atom stereocenters. The lowest BCUT2D eigenvalue weighted by molar-refractivity contribution is -0.116. The van der Waals surface area contributed by atoms with Crippen LogP contribution in [-0.4, -0.2) is 29.1 Å². The second kappa shape index (κ2) is 7.72. The summed E-state index contributed by atoms with van der Waals surface area (Å²) in [7, 11) is 0. The molecule has 34 heavy (non-hydrogen) atoms. The van der Waals surface area contributed by atoms with E-state index in [0.717, 1.165) is 16.9 Å². The molecule has 1 aromatic heterocycles. The predicted octanol–water partition coefficient (Wildman–Crippen LogP) is 4.25. The van der Waals surface area contributed by atoms with Gasteiger partial charge in [0.25, 0.3) is 0 Å². The Morgan fingerprint density at radius 3 is 2.94 bits per heavy atom. The number of ether oxygens (including phenoxy) is 2. The molecule has 0 spiro atoms. The van der Waals surface area contributed by atoms with E-state index in [1.807, 2.05) is 18.2 Å². The maximum atomic E-state index is 13.4. The van der Waals surface area contributed by atoms with Crippen molar-refractivity contribution in [3.05, 3.63) is 71.2 Å². The molecule has 3 aliphatic rings. The topological polar surface area (TPSA) is 102 Å². The summed E-state index contributed by atoms with van der Waals surface area (Å²) in [6.45, 7) is 1.64. The van der Waals surface area contributed by atoms with Crippen LogP contribution in [0.5, 0.6) is 17.2 Å². The molecule has 1 aliphatic carbocycles. The van der Waals surface area contributed by atoms with Crippen LogP contribution in [0.2, 0.25) is 0 Å². The molecule has 3 heterocycles. The Labute approximate surface area is 194 Å². The molecule has 8 nitrogen and oxygen atoms in total. The van der Waals surface area contributed by atoms with Crippen LogP contribution in [0, 0.1) is 12.7 Å². The van der Waals surface area contributed by atoms with Crippen LogP contribution in [-0.2, 0) is 11.2 Å². The van der Waals surface area contributed by atoms with E-state index in [1.165, 1.54) is 12.1 Å². The van der Waals surface area contributed by atoms with E-state index in [1.54, 1.807) is 25.3 Å². The van der Waals surface area contributed by atoms with Crippen molar-refractivity contribution in [3.8, 4) is 17.2 Å². The molecule has 1 saturated carbocycles.